The van der Waals surface area contributed by atoms with Crippen molar-refractivity contribution >= 4 is 15.9 Å². The first kappa shape index (κ1) is 19.6. The molecule has 0 bridgehead atoms. The van der Waals surface area contributed by atoms with Crippen LogP contribution in [0.15, 0.2) is 47.5 Å². The van der Waals surface area contributed by atoms with E-state index in [1.54, 1.807) is 11.6 Å². The van der Waals surface area contributed by atoms with Gasteiger partial charge in [-0.15, -0.1) is 0 Å². The summed E-state index contributed by atoms with van der Waals surface area (Å²) >= 11 is 0. The van der Waals surface area contributed by atoms with Crippen molar-refractivity contribution in [3.63, 3.8) is 0 Å². The Morgan fingerprint density at radius 1 is 1.07 bits per heavy atom. The molecule has 2 aromatic carbocycles. The molecule has 6 nitrogen and oxygen atoms in total. The minimum atomic E-state index is -4.52. The summed E-state index contributed by atoms with van der Waals surface area (Å²) in [4.78, 5) is 15.5. The van der Waals surface area contributed by atoms with E-state index < -0.39 is 49.5 Å². The van der Waals surface area contributed by atoms with Gasteiger partial charge in [-0.1, -0.05) is 12.1 Å². The number of amides is 1. The molecule has 1 amide bonds. The van der Waals surface area contributed by atoms with E-state index >= 15 is 0 Å². The van der Waals surface area contributed by atoms with Crippen LogP contribution < -0.4 is 4.72 Å². The van der Waals surface area contributed by atoms with E-state index in [1.165, 1.54) is 23.7 Å². The monoisotopic (exact) mass is 409 g/mol. The normalized spacial score (nSPS) is 11.5. The second kappa shape index (κ2) is 7.12. The maximum atomic E-state index is 14.0. The molecular formula is C18H14F3N3O3S. The largest absolute Gasteiger partial charge is 0.333 e. The third kappa shape index (κ3) is 3.63. The van der Waals surface area contributed by atoms with Gasteiger partial charge in [-0.25, -0.2) is 31.3 Å². The van der Waals surface area contributed by atoms with Crippen molar-refractivity contribution in [3.8, 4) is 11.4 Å². The summed E-state index contributed by atoms with van der Waals surface area (Å²) in [7, 11) is -3.13. The molecule has 1 heterocycles. The molecule has 0 aliphatic carbocycles. The smallest absolute Gasteiger partial charge is 0.285 e. The van der Waals surface area contributed by atoms with Crippen molar-refractivity contribution in [1.82, 2.24) is 14.3 Å². The molecule has 0 radical (unpaired) electrons. The Kier molecular flexibility index (Phi) is 4.99. The fourth-order valence-electron chi connectivity index (χ4n) is 2.57. The van der Waals surface area contributed by atoms with Gasteiger partial charge >= 0.3 is 0 Å². The highest BCUT2D eigenvalue weighted by Gasteiger charge is 2.25. The third-order valence-corrected chi connectivity index (χ3v) is 5.24. The van der Waals surface area contributed by atoms with Gasteiger partial charge in [0, 0.05) is 13.2 Å². The van der Waals surface area contributed by atoms with E-state index in [-0.39, 0.29) is 5.82 Å². The van der Waals surface area contributed by atoms with Gasteiger partial charge in [0.05, 0.1) is 5.56 Å². The highest BCUT2D eigenvalue weighted by molar-refractivity contribution is 7.90. The quantitative estimate of drug-likeness (QED) is 0.719. The van der Waals surface area contributed by atoms with Gasteiger partial charge in [0.25, 0.3) is 15.9 Å². The van der Waals surface area contributed by atoms with Crippen LogP contribution in [0.3, 0.4) is 0 Å². The van der Waals surface area contributed by atoms with E-state index in [9.17, 15) is 26.4 Å². The molecule has 0 spiro atoms. The molecule has 1 aromatic heterocycles. The van der Waals surface area contributed by atoms with Gasteiger partial charge in [0.15, 0.2) is 0 Å². The van der Waals surface area contributed by atoms with Crippen LogP contribution in [0.4, 0.5) is 13.2 Å². The fraction of sp³-hybridized carbons (Fsp3) is 0.111. The SMILES string of the molecule is Cc1ccc(F)c(S(=O)(=O)NC(=O)c2cn(C)c(-c3c(F)cccc3F)n2)c1. The molecule has 0 unspecified atom stereocenters. The second-order valence-electron chi connectivity index (χ2n) is 6.03. The number of nitrogens with one attached hydrogen (secondary N) is 1. The number of imidazole rings is 1. The van der Waals surface area contributed by atoms with E-state index in [2.05, 4.69) is 4.98 Å². The number of aryl methyl sites for hydroxylation is 2. The van der Waals surface area contributed by atoms with Crippen molar-refractivity contribution < 1.29 is 26.4 Å². The van der Waals surface area contributed by atoms with Gasteiger partial charge in [-0.2, -0.15) is 0 Å². The number of hydrogen-bond donors (Lipinski definition) is 1. The maximum absolute atomic E-state index is 14.0. The lowest BCUT2D eigenvalue weighted by molar-refractivity contribution is 0.0977. The summed E-state index contributed by atoms with van der Waals surface area (Å²) in [5.74, 6) is -4.19. The van der Waals surface area contributed by atoms with Crippen molar-refractivity contribution in [3.05, 3.63) is 71.3 Å². The Morgan fingerprint density at radius 3 is 2.36 bits per heavy atom. The molecule has 0 atom stereocenters. The molecule has 0 aliphatic heterocycles. The van der Waals surface area contributed by atoms with Gasteiger partial charge in [0.2, 0.25) is 0 Å². The summed E-state index contributed by atoms with van der Waals surface area (Å²) in [6.45, 7) is 1.56. The van der Waals surface area contributed by atoms with E-state index in [0.29, 0.717) is 5.56 Å². The number of rotatable bonds is 4. The zero-order valence-electron chi connectivity index (χ0n) is 14.7. The number of aromatic nitrogens is 2. The molecule has 10 heteroatoms. The average Bonchev–Trinajstić information content (AvgIpc) is 2.98. The first-order chi connectivity index (χ1) is 13.1. The molecule has 3 aromatic rings. The minimum absolute atomic E-state index is 0.208. The van der Waals surface area contributed by atoms with Crippen molar-refractivity contribution in [1.29, 1.82) is 0 Å². The van der Waals surface area contributed by atoms with Gasteiger partial charge in [0.1, 0.15) is 33.9 Å². The summed E-state index contributed by atoms with van der Waals surface area (Å²) in [5.41, 5.74) is -0.391. The third-order valence-electron chi connectivity index (χ3n) is 3.90. The van der Waals surface area contributed by atoms with E-state index in [0.717, 1.165) is 30.5 Å². The van der Waals surface area contributed by atoms with Crippen LogP contribution in [-0.2, 0) is 17.1 Å². The van der Waals surface area contributed by atoms with Crippen molar-refractivity contribution in [2.75, 3.05) is 0 Å². The lowest BCUT2D eigenvalue weighted by Crippen LogP contribution is -2.31. The predicted molar refractivity (Wildman–Crippen MR) is 94.3 cm³/mol. The zero-order valence-corrected chi connectivity index (χ0v) is 15.5. The number of nitrogens with zero attached hydrogens (tertiary/aromatic N) is 2. The number of hydrogen-bond acceptors (Lipinski definition) is 4. The standard InChI is InChI=1S/C18H14F3N3O3S/c1-10-6-7-11(19)15(8-10)28(26,27)23-18(25)14-9-24(2)17(22-14)16-12(20)4-3-5-13(16)21/h3-9H,1-2H3,(H,23,25). The molecule has 3 rings (SSSR count). The minimum Gasteiger partial charge on any atom is -0.333 e. The number of carbonyl (C=O) groups is 1. The van der Waals surface area contributed by atoms with E-state index in [4.69, 9.17) is 0 Å². The predicted octanol–water partition coefficient (Wildman–Crippen LogP) is 2.93. The Labute approximate surface area is 158 Å². The summed E-state index contributed by atoms with van der Waals surface area (Å²) < 4.78 is 69.4. The lowest BCUT2D eigenvalue weighted by Gasteiger charge is -2.07. The van der Waals surface area contributed by atoms with Crippen LogP contribution >= 0.6 is 0 Å². The zero-order chi connectivity index (χ0) is 20.6. The number of carbonyl (C=O) groups excluding carboxylic acids is 1. The van der Waals surface area contributed by atoms with Crippen LogP contribution in [0.1, 0.15) is 16.1 Å². The fourth-order valence-corrected chi connectivity index (χ4v) is 3.69. The Balaban J connectivity index is 1.95. The molecule has 0 saturated heterocycles. The molecule has 146 valence electrons. The van der Waals surface area contributed by atoms with Crippen LogP contribution in [-0.4, -0.2) is 23.9 Å². The first-order valence-electron chi connectivity index (χ1n) is 7.91. The number of sulfonamides is 1. The number of halogens is 3. The van der Waals surface area contributed by atoms with Gasteiger partial charge in [-0.05, 0) is 36.8 Å². The molecular weight excluding hydrogens is 395 g/mol. The highest BCUT2D eigenvalue weighted by atomic mass is 32.2. The topological polar surface area (TPSA) is 81.1 Å². The average molecular weight is 409 g/mol. The Hall–Kier alpha value is -3.14. The highest BCUT2D eigenvalue weighted by Crippen LogP contribution is 2.25. The van der Waals surface area contributed by atoms with Crippen LogP contribution in [0.5, 0.6) is 0 Å². The molecule has 1 N–H and O–H groups in total. The molecule has 0 saturated carbocycles. The lowest BCUT2D eigenvalue weighted by atomic mass is 10.2. The number of benzene rings is 2. The summed E-state index contributed by atoms with van der Waals surface area (Å²) in [5, 5.41) is 0. The van der Waals surface area contributed by atoms with Crippen LogP contribution in [0.2, 0.25) is 0 Å². The second-order valence-corrected chi connectivity index (χ2v) is 7.68. The van der Waals surface area contributed by atoms with Crippen molar-refractivity contribution in [2.24, 2.45) is 7.05 Å². The summed E-state index contributed by atoms with van der Waals surface area (Å²) in [6.07, 6.45) is 1.11. The van der Waals surface area contributed by atoms with Crippen LogP contribution in [0.25, 0.3) is 11.4 Å². The van der Waals surface area contributed by atoms with Gasteiger partial charge in [-0.3, -0.25) is 4.79 Å². The summed E-state index contributed by atoms with van der Waals surface area (Å²) in [6, 6.07) is 6.64. The van der Waals surface area contributed by atoms with Gasteiger partial charge < -0.3 is 4.57 Å². The Bertz CT molecular complexity index is 1170. The van der Waals surface area contributed by atoms with Crippen LogP contribution in [0, 0.1) is 24.4 Å². The van der Waals surface area contributed by atoms with Crippen molar-refractivity contribution in [2.45, 2.75) is 11.8 Å². The molecule has 0 aliphatic rings. The molecule has 28 heavy (non-hydrogen) atoms. The first-order valence-corrected chi connectivity index (χ1v) is 9.39. The molecule has 0 fully saturated rings. The maximum Gasteiger partial charge on any atom is 0.285 e. The van der Waals surface area contributed by atoms with E-state index in [1.807, 2.05) is 0 Å². The Morgan fingerprint density at radius 2 is 1.71 bits per heavy atom.